The summed E-state index contributed by atoms with van der Waals surface area (Å²) in [6, 6.07) is 9.48. The van der Waals surface area contributed by atoms with E-state index in [9.17, 15) is 19.2 Å². The zero-order valence-electron chi connectivity index (χ0n) is 29.1. The van der Waals surface area contributed by atoms with Crippen molar-refractivity contribution in [3.63, 3.8) is 0 Å². The van der Waals surface area contributed by atoms with Crippen LogP contribution in [-0.4, -0.2) is 112 Å². The standard InChI is InChI=1S/C17H18N6O3.C13H11N5O4.C4H9N/c1-2-26-12-9-10(17(25)23-7-3-4-8-23)5-6-11(12)14-18-15-13(16(24)19-14)20-22-21-15;1-2-22-8-5-6(13(20)21)3-4-7(8)10-14-11-9(12(19)15-10)16-18-17-11;1-2-4-5-3-1/h5-6,9H,2-4,7-8H2,1H3,(H2,18,19,20,21,22,24);3-5H,2H2,1H3,(H,20,21)(H2,14,15,16,17,18,19);5H,1-4H2. The van der Waals surface area contributed by atoms with Crippen molar-refractivity contribution in [1.29, 1.82) is 0 Å². The van der Waals surface area contributed by atoms with Crippen LogP contribution in [0, 0.1) is 0 Å². The van der Waals surface area contributed by atoms with E-state index in [0.717, 1.165) is 25.9 Å². The topological polar surface area (TPSA) is 263 Å². The third kappa shape index (κ3) is 8.36. The molecule has 19 nitrogen and oxygen atoms in total. The summed E-state index contributed by atoms with van der Waals surface area (Å²) in [5.74, 6) is 0.271. The highest BCUT2D eigenvalue weighted by Crippen LogP contribution is 2.30. The molecule has 0 atom stereocenters. The maximum Gasteiger partial charge on any atom is 0.335 e. The molecule has 8 rings (SSSR count). The molecule has 0 spiro atoms. The van der Waals surface area contributed by atoms with Crippen molar-refractivity contribution in [3.8, 4) is 34.3 Å². The van der Waals surface area contributed by atoms with Crippen molar-refractivity contribution in [2.45, 2.75) is 39.5 Å². The molecule has 2 aliphatic heterocycles. The first-order valence-corrected chi connectivity index (χ1v) is 17.2. The number of carbonyl (C=O) groups excluding carboxylic acids is 1. The molecule has 6 heterocycles. The molecule has 0 unspecified atom stereocenters. The summed E-state index contributed by atoms with van der Waals surface area (Å²) >= 11 is 0. The van der Waals surface area contributed by atoms with E-state index in [1.165, 1.54) is 44.1 Å². The number of hydrogen-bond acceptors (Lipinski definition) is 13. The normalized spacial score (nSPS) is 13.7. The molecular formula is C34H38N12O7. The maximum atomic E-state index is 12.6. The zero-order chi connectivity index (χ0) is 37.3. The van der Waals surface area contributed by atoms with Crippen molar-refractivity contribution in [1.82, 2.24) is 61.0 Å². The summed E-state index contributed by atoms with van der Waals surface area (Å²) in [7, 11) is 0. The summed E-state index contributed by atoms with van der Waals surface area (Å²) in [6.45, 7) is 8.45. The smallest absolute Gasteiger partial charge is 0.335 e. The van der Waals surface area contributed by atoms with Crippen molar-refractivity contribution in [2.24, 2.45) is 0 Å². The van der Waals surface area contributed by atoms with E-state index in [0.29, 0.717) is 47.2 Å². The fourth-order valence-corrected chi connectivity index (χ4v) is 5.75. The molecule has 2 aromatic carbocycles. The van der Waals surface area contributed by atoms with Crippen molar-refractivity contribution in [3.05, 3.63) is 68.2 Å². The zero-order valence-corrected chi connectivity index (χ0v) is 29.1. The lowest BCUT2D eigenvalue weighted by molar-refractivity contribution is 0.0695. The van der Waals surface area contributed by atoms with Gasteiger partial charge in [0.1, 0.15) is 23.1 Å². The van der Waals surface area contributed by atoms with Gasteiger partial charge in [-0.15, -0.1) is 20.4 Å². The molecule has 4 aromatic heterocycles. The molecule has 2 saturated heterocycles. The first kappa shape index (κ1) is 36.3. The predicted molar refractivity (Wildman–Crippen MR) is 192 cm³/mol. The van der Waals surface area contributed by atoms with Gasteiger partial charge in [0.15, 0.2) is 11.0 Å². The van der Waals surface area contributed by atoms with E-state index in [-0.39, 0.29) is 39.6 Å². The van der Waals surface area contributed by atoms with E-state index in [2.05, 4.69) is 56.1 Å². The number of aromatic amines is 4. The van der Waals surface area contributed by atoms with E-state index in [1.807, 2.05) is 11.8 Å². The van der Waals surface area contributed by atoms with Gasteiger partial charge >= 0.3 is 5.97 Å². The number of carbonyl (C=O) groups is 2. The average molecular weight is 727 g/mol. The molecule has 6 N–H and O–H groups in total. The number of nitrogens with one attached hydrogen (secondary N) is 5. The second-order valence-corrected chi connectivity index (χ2v) is 11.9. The van der Waals surface area contributed by atoms with Gasteiger partial charge in [0, 0.05) is 18.7 Å². The average Bonchev–Trinajstić information content (AvgIpc) is 4.01. The molecule has 2 fully saturated rings. The number of likely N-dealkylation sites (tertiary alicyclic amines) is 1. The Labute approximate surface area is 300 Å². The number of aromatic nitrogens is 10. The Morgan fingerprint density at radius 1 is 0.717 bits per heavy atom. The van der Waals surface area contributed by atoms with E-state index >= 15 is 0 Å². The van der Waals surface area contributed by atoms with Crippen LogP contribution in [0.25, 0.3) is 45.1 Å². The molecule has 0 bridgehead atoms. The first-order valence-electron chi connectivity index (χ1n) is 17.2. The minimum atomic E-state index is -1.07. The number of hydrogen-bond donors (Lipinski definition) is 6. The van der Waals surface area contributed by atoms with Gasteiger partial charge in [-0.2, -0.15) is 10.4 Å². The molecule has 6 aromatic rings. The lowest BCUT2D eigenvalue weighted by Gasteiger charge is -2.17. The van der Waals surface area contributed by atoms with Crippen molar-refractivity contribution >= 4 is 34.2 Å². The predicted octanol–water partition coefficient (Wildman–Crippen LogP) is 2.52. The van der Waals surface area contributed by atoms with Crippen LogP contribution in [0.3, 0.4) is 0 Å². The monoisotopic (exact) mass is 726 g/mol. The number of carboxylic acid groups (broad SMARTS) is 1. The number of benzene rings is 2. The van der Waals surface area contributed by atoms with E-state index in [1.54, 1.807) is 25.1 Å². The fraction of sp³-hybridized carbons (Fsp3) is 0.353. The summed E-state index contributed by atoms with van der Waals surface area (Å²) in [6.07, 6.45) is 4.84. The summed E-state index contributed by atoms with van der Waals surface area (Å²) in [5.41, 5.74) is 1.50. The van der Waals surface area contributed by atoms with Crippen LogP contribution < -0.4 is 25.9 Å². The number of nitrogens with zero attached hydrogens (tertiary/aromatic N) is 7. The number of H-pyrrole nitrogens is 4. The summed E-state index contributed by atoms with van der Waals surface area (Å²) in [5, 5.41) is 32.1. The Bertz CT molecular complexity index is 2330. The number of amides is 1. The van der Waals surface area contributed by atoms with Gasteiger partial charge in [0.25, 0.3) is 17.0 Å². The number of rotatable bonds is 8. The third-order valence-corrected chi connectivity index (χ3v) is 8.31. The van der Waals surface area contributed by atoms with Gasteiger partial charge in [0.05, 0.1) is 29.9 Å². The number of carboxylic acids is 1. The van der Waals surface area contributed by atoms with Gasteiger partial charge in [0.2, 0.25) is 11.3 Å². The fourth-order valence-electron chi connectivity index (χ4n) is 5.75. The highest BCUT2D eigenvalue weighted by Gasteiger charge is 2.22. The number of ether oxygens (including phenoxy) is 2. The molecule has 0 radical (unpaired) electrons. The van der Waals surface area contributed by atoms with Crippen LogP contribution in [0.1, 0.15) is 60.2 Å². The Balaban J connectivity index is 0.000000162. The summed E-state index contributed by atoms with van der Waals surface area (Å²) in [4.78, 5) is 63.4. The quantitative estimate of drug-likeness (QED) is 0.132. The molecular weight excluding hydrogens is 688 g/mol. The molecule has 0 saturated carbocycles. The van der Waals surface area contributed by atoms with E-state index < -0.39 is 17.1 Å². The molecule has 1 amide bonds. The molecule has 2 aliphatic rings. The summed E-state index contributed by atoms with van der Waals surface area (Å²) < 4.78 is 11.1. The van der Waals surface area contributed by atoms with E-state index in [4.69, 9.17) is 14.6 Å². The maximum absolute atomic E-state index is 12.6. The van der Waals surface area contributed by atoms with Gasteiger partial charge in [-0.1, -0.05) is 0 Å². The number of fused-ring (bicyclic) bond motifs is 2. The first-order chi connectivity index (χ1) is 25.8. The van der Waals surface area contributed by atoms with Crippen molar-refractivity contribution in [2.75, 3.05) is 39.4 Å². The van der Waals surface area contributed by atoms with Gasteiger partial charge in [-0.05, 0) is 89.0 Å². The van der Waals surface area contributed by atoms with Gasteiger partial charge in [-0.25, -0.2) is 14.8 Å². The highest BCUT2D eigenvalue weighted by molar-refractivity contribution is 5.95. The van der Waals surface area contributed by atoms with Gasteiger partial charge < -0.3 is 34.8 Å². The molecule has 19 heteroatoms. The van der Waals surface area contributed by atoms with Gasteiger partial charge in [-0.3, -0.25) is 14.4 Å². The van der Waals surface area contributed by atoms with Crippen molar-refractivity contribution < 1.29 is 24.2 Å². The molecule has 53 heavy (non-hydrogen) atoms. The largest absolute Gasteiger partial charge is 0.493 e. The number of aromatic carboxylic acids is 1. The SMILES string of the molecule is C1CCNC1.CCOc1cc(C(=O)N2CCCC2)ccc1-c1nc2n[nH]nc2c(=O)[nH]1.CCOc1cc(C(=O)O)ccc1-c1nc2n[nH]nc2c(=O)[nH]1. The van der Waals surface area contributed by atoms with Crippen LogP contribution in [0.2, 0.25) is 0 Å². The minimum absolute atomic E-state index is 0.0107. The lowest BCUT2D eigenvalue weighted by atomic mass is 10.1. The third-order valence-electron chi connectivity index (χ3n) is 8.31. The Kier molecular flexibility index (Phi) is 11.4. The highest BCUT2D eigenvalue weighted by atomic mass is 16.5. The second-order valence-electron chi connectivity index (χ2n) is 11.9. The van der Waals surface area contributed by atoms with Crippen LogP contribution in [0.5, 0.6) is 11.5 Å². The Morgan fingerprint density at radius 2 is 1.21 bits per heavy atom. The Hall–Kier alpha value is -6.50. The van der Waals surface area contributed by atoms with Crippen LogP contribution >= 0.6 is 0 Å². The molecule has 0 aliphatic carbocycles. The molecule has 276 valence electrons. The lowest BCUT2D eigenvalue weighted by Crippen LogP contribution is -2.27. The van der Waals surface area contributed by atoms with Crippen LogP contribution in [-0.2, 0) is 0 Å². The minimum Gasteiger partial charge on any atom is -0.493 e. The van der Waals surface area contributed by atoms with Crippen LogP contribution in [0.15, 0.2) is 46.0 Å². The second kappa shape index (κ2) is 16.7. The Morgan fingerprint density at radius 3 is 1.66 bits per heavy atom. The van der Waals surface area contributed by atoms with Crippen LogP contribution in [0.4, 0.5) is 0 Å².